The van der Waals surface area contributed by atoms with Crippen LogP contribution >= 0.6 is 0 Å². The van der Waals surface area contributed by atoms with Gasteiger partial charge in [-0.15, -0.1) is 0 Å². The van der Waals surface area contributed by atoms with Crippen LogP contribution in [0.15, 0.2) is 53.4 Å². The lowest BCUT2D eigenvalue weighted by Gasteiger charge is -2.19. The van der Waals surface area contributed by atoms with Crippen molar-refractivity contribution in [2.75, 3.05) is 26.4 Å². The van der Waals surface area contributed by atoms with E-state index in [0.717, 1.165) is 11.1 Å². The van der Waals surface area contributed by atoms with Crippen molar-refractivity contribution in [2.45, 2.75) is 24.8 Å². The van der Waals surface area contributed by atoms with Crippen LogP contribution in [-0.2, 0) is 14.8 Å². The Labute approximate surface area is 154 Å². The topological polar surface area (TPSA) is 84.9 Å². The van der Waals surface area contributed by atoms with E-state index in [-0.39, 0.29) is 24.7 Å². The minimum Gasteiger partial charge on any atom is -0.494 e. The Kier molecular flexibility index (Phi) is 7.59. The first kappa shape index (κ1) is 20.4. The molecular weight excluding hydrogens is 354 g/mol. The van der Waals surface area contributed by atoms with Crippen LogP contribution in [0.3, 0.4) is 0 Å². The van der Waals surface area contributed by atoms with Crippen LogP contribution in [0.1, 0.15) is 24.2 Å². The summed E-state index contributed by atoms with van der Waals surface area (Å²) in [4.78, 5) is 0.158. The van der Waals surface area contributed by atoms with E-state index in [1.54, 1.807) is 12.1 Å². The van der Waals surface area contributed by atoms with Gasteiger partial charge in [0.1, 0.15) is 5.75 Å². The van der Waals surface area contributed by atoms with Crippen LogP contribution in [0, 0.1) is 6.92 Å². The fraction of sp³-hybridized carbons (Fsp3) is 0.368. The molecule has 0 aliphatic carbocycles. The standard InChI is InChI=1S/C19H25NO5S/c1-3-24-17-8-10-18(11-9-17)26(22,23)20-14-19(25-13-12-21)16-6-4-15(2)5-7-16/h4-11,19-21H,3,12-14H2,1-2H3. The Hall–Kier alpha value is -1.93. The first-order valence-corrected chi connectivity index (χ1v) is 9.96. The van der Waals surface area contributed by atoms with Crippen molar-refractivity contribution in [3.8, 4) is 5.75 Å². The van der Waals surface area contributed by atoms with Crippen LogP contribution in [0.25, 0.3) is 0 Å². The molecule has 0 aliphatic rings. The maximum atomic E-state index is 12.5. The summed E-state index contributed by atoms with van der Waals surface area (Å²) in [5.74, 6) is 0.621. The highest BCUT2D eigenvalue weighted by Crippen LogP contribution is 2.20. The van der Waals surface area contributed by atoms with Crippen molar-refractivity contribution in [1.29, 1.82) is 0 Å². The molecule has 6 nitrogen and oxygen atoms in total. The molecule has 0 spiro atoms. The number of aliphatic hydroxyl groups is 1. The van der Waals surface area contributed by atoms with Crippen molar-refractivity contribution >= 4 is 10.0 Å². The second-order valence-electron chi connectivity index (χ2n) is 5.75. The largest absolute Gasteiger partial charge is 0.494 e. The van der Waals surface area contributed by atoms with Gasteiger partial charge in [0.25, 0.3) is 0 Å². The zero-order valence-electron chi connectivity index (χ0n) is 15.0. The zero-order chi connectivity index (χ0) is 19.0. The lowest BCUT2D eigenvalue weighted by molar-refractivity contribution is 0.0309. The van der Waals surface area contributed by atoms with Crippen molar-refractivity contribution in [3.05, 3.63) is 59.7 Å². The fourth-order valence-electron chi connectivity index (χ4n) is 2.40. The smallest absolute Gasteiger partial charge is 0.240 e. The van der Waals surface area contributed by atoms with Crippen LogP contribution in [0.4, 0.5) is 0 Å². The maximum Gasteiger partial charge on any atom is 0.240 e. The van der Waals surface area contributed by atoms with Crippen LogP contribution in [0.2, 0.25) is 0 Å². The molecule has 0 aliphatic heterocycles. The van der Waals surface area contributed by atoms with Crippen molar-refractivity contribution in [3.63, 3.8) is 0 Å². The fourth-order valence-corrected chi connectivity index (χ4v) is 3.43. The highest BCUT2D eigenvalue weighted by molar-refractivity contribution is 7.89. The predicted molar refractivity (Wildman–Crippen MR) is 99.8 cm³/mol. The molecule has 2 rings (SSSR count). The molecule has 0 fully saturated rings. The second-order valence-corrected chi connectivity index (χ2v) is 7.52. The number of rotatable bonds is 10. The Balaban J connectivity index is 2.09. The average molecular weight is 379 g/mol. The van der Waals surface area contributed by atoms with Gasteiger partial charge in [-0.1, -0.05) is 29.8 Å². The van der Waals surface area contributed by atoms with E-state index in [0.29, 0.717) is 12.4 Å². The first-order valence-electron chi connectivity index (χ1n) is 8.48. The molecule has 0 saturated heterocycles. The van der Waals surface area contributed by atoms with E-state index in [9.17, 15) is 8.42 Å². The molecule has 0 saturated carbocycles. The number of nitrogens with one attached hydrogen (secondary N) is 1. The van der Waals surface area contributed by atoms with Gasteiger partial charge in [0, 0.05) is 6.54 Å². The summed E-state index contributed by atoms with van der Waals surface area (Å²) < 4.78 is 38.5. The van der Waals surface area contributed by atoms with Gasteiger partial charge < -0.3 is 14.6 Å². The molecule has 7 heteroatoms. The van der Waals surface area contributed by atoms with Crippen LogP contribution in [0.5, 0.6) is 5.75 Å². The van der Waals surface area contributed by atoms with Crippen molar-refractivity contribution in [2.24, 2.45) is 0 Å². The number of sulfonamides is 1. The predicted octanol–water partition coefficient (Wildman–Crippen LogP) is 2.42. The van der Waals surface area contributed by atoms with E-state index in [1.807, 2.05) is 38.1 Å². The van der Waals surface area contributed by atoms with Gasteiger partial charge in [0.2, 0.25) is 10.0 Å². The summed E-state index contributed by atoms with van der Waals surface area (Å²) in [6.45, 7) is 4.42. The van der Waals surface area contributed by atoms with E-state index in [2.05, 4.69) is 4.72 Å². The van der Waals surface area contributed by atoms with E-state index < -0.39 is 16.1 Å². The van der Waals surface area contributed by atoms with Gasteiger partial charge in [0.15, 0.2) is 0 Å². The van der Waals surface area contributed by atoms with Crippen molar-refractivity contribution < 1.29 is 23.0 Å². The summed E-state index contributed by atoms with van der Waals surface area (Å²) in [7, 11) is -3.68. The maximum absolute atomic E-state index is 12.5. The van der Waals surface area contributed by atoms with E-state index in [1.165, 1.54) is 12.1 Å². The highest BCUT2D eigenvalue weighted by Gasteiger charge is 2.19. The number of aliphatic hydroxyl groups excluding tert-OH is 1. The highest BCUT2D eigenvalue weighted by atomic mass is 32.2. The second kappa shape index (κ2) is 9.68. The van der Waals surface area contributed by atoms with E-state index in [4.69, 9.17) is 14.6 Å². The average Bonchev–Trinajstić information content (AvgIpc) is 2.63. The number of ether oxygens (including phenoxy) is 2. The number of hydrogen-bond acceptors (Lipinski definition) is 5. The third kappa shape index (κ3) is 5.81. The van der Waals surface area contributed by atoms with Crippen LogP contribution in [-0.4, -0.2) is 39.9 Å². The first-order chi connectivity index (χ1) is 12.5. The molecule has 0 bridgehead atoms. The monoisotopic (exact) mass is 379 g/mol. The molecule has 26 heavy (non-hydrogen) atoms. The quantitative estimate of drug-likeness (QED) is 0.662. The summed E-state index contributed by atoms with van der Waals surface area (Å²) in [6, 6.07) is 13.9. The summed E-state index contributed by atoms with van der Waals surface area (Å²) >= 11 is 0. The molecule has 0 heterocycles. The SMILES string of the molecule is CCOc1ccc(S(=O)(=O)NCC(OCCO)c2ccc(C)cc2)cc1. The summed E-state index contributed by atoms with van der Waals surface area (Å²) in [5.41, 5.74) is 1.95. The number of benzene rings is 2. The van der Waals surface area contributed by atoms with Gasteiger partial charge in [-0.2, -0.15) is 0 Å². The van der Waals surface area contributed by atoms with E-state index >= 15 is 0 Å². The van der Waals surface area contributed by atoms with Gasteiger partial charge >= 0.3 is 0 Å². The molecule has 0 amide bonds. The normalized spacial score (nSPS) is 12.7. The molecule has 2 N–H and O–H groups in total. The number of hydrogen-bond donors (Lipinski definition) is 2. The van der Waals surface area contributed by atoms with Crippen LogP contribution < -0.4 is 9.46 Å². The molecule has 0 radical (unpaired) electrons. The molecule has 2 aromatic rings. The Morgan fingerprint density at radius 3 is 2.31 bits per heavy atom. The molecule has 0 aromatic heterocycles. The molecule has 2 aromatic carbocycles. The number of aryl methyl sites for hydroxylation is 1. The summed E-state index contributed by atoms with van der Waals surface area (Å²) in [5, 5.41) is 9.01. The van der Waals surface area contributed by atoms with Gasteiger partial charge in [-0.3, -0.25) is 0 Å². The Morgan fingerprint density at radius 1 is 1.08 bits per heavy atom. The van der Waals surface area contributed by atoms with Gasteiger partial charge in [0.05, 0.1) is 30.8 Å². The van der Waals surface area contributed by atoms with Crippen molar-refractivity contribution in [1.82, 2.24) is 4.72 Å². The lowest BCUT2D eigenvalue weighted by atomic mass is 10.1. The third-order valence-corrected chi connectivity index (χ3v) is 5.20. The Bertz CT molecular complexity index is 773. The van der Waals surface area contributed by atoms with Gasteiger partial charge in [-0.05, 0) is 43.7 Å². The zero-order valence-corrected chi connectivity index (χ0v) is 15.8. The minimum atomic E-state index is -3.68. The molecule has 1 unspecified atom stereocenters. The molecular formula is C19H25NO5S. The Morgan fingerprint density at radius 2 is 1.73 bits per heavy atom. The lowest BCUT2D eigenvalue weighted by Crippen LogP contribution is -2.30. The molecule has 1 atom stereocenters. The third-order valence-electron chi connectivity index (χ3n) is 3.76. The minimum absolute atomic E-state index is 0.0681. The van der Waals surface area contributed by atoms with Gasteiger partial charge in [-0.25, -0.2) is 13.1 Å². The molecule has 142 valence electrons. The summed E-state index contributed by atoms with van der Waals surface area (Å²) in [6.07, 6.45) is -0.486.